The van der Waals surface area contributed by atoms with Crippen molar-refractivity contribution in [3.05, 3.63) is 29.8 Å². The van der Waals surface area contributed by atoms with Crippen LogP contribution in [0.3, 0.4) is 0 Å². The third-order valence-electron chi connectivity index (χ3n) is 5.19. The Morgan fingerprint density at radius 2 is 2.06 bits per heavy atom. The van der Waals surface area contributed by atoms with Crippen LogP contribution in [0.4, 0.5) is 5.82 Å². The highest BCUT2D eigenvalue weighted by molar-refractivity contribution is 8.01. The average Bonchev–Trinajstić information content (AvgIpc) is 3.38. The summed E-state index contributed by atoms with van der Waals surface area (Å²) in [5.74, 6) is 1.26. The van der Waals surface area contributed by atoms with Crippen molar-refractivity contribution in [3.63, 3.8) is 0 Å². The topological polar surface area (TPSA) is 122 Å². The fraction of sp³-hybridized carbons (Fsp3) is 0.550. The van der Waals surface area contributed by atoms with Crippen LogP contribution in [-0.2, 0) is 16.6 Å². The molecule has 11 heteroatoms. The summed E-state index contributed by atoms with van der Waals surface area (Å²) in [6.07, 6.45) is 4.90. The first-order valence-corrected chi connectivity index (χ1v) is 11.3. The lowest BCUT2D eigenvalue weighted by molar-refractivity contribution is -0.129. The molecule has 3 rings (SSSR count). The monoisotopic (exact) mass is 448 g/mol. The maximum Gasteiger partial charge on any atom is 0.254 e. The van der Waals surface area contributed by atoms with E-state index in [0.717, 1.165) is 12.8 Å². The number of anilines is 1. The Morgan fingerprint density at radius 1 is 1.32 bits per heavy atom. The molecule has 1 unspecified atom stereocenters. The first-order valence-electron chi connectivity index (χ1n) is 10.2. The van der Waals surface area contributed by atoms with Gasteiger partial charge < -0.3 is 20.1 Å². The number of piperidine rings is 1. The molecule has 10 nitrogen and oxygen atoms in total. The molecule has 0 aromatic carbocycles. The van der Waals surface area contributed by atoms with Gasteiger partial charge in [-0.25, -0.2) is 0 Å². The Morgan fingerprint density at radius 3 is 2.68 bits per heavy atom. The van der Waals surface area contributed by atoms with Crippen molar-refractivity contribution in [2.24, 2.45) is 13.0 Å². The Bertz CT molecular complexity index is 918. The summed E-state index contributed by atoms with van der Waals surface area (Å²) in [5.41, 5.74) is 0.545. The van der Waals surface area contributed by atoms with Crippen molar-refractivity contribution in [3.8, 4) is 0 Å². The lowest BCUT2D eigenvalue weighted by atomic mass is 9.96. The zero-order valence-corrected chi connectivity index (χ0v) is 18.8. The molecule has 1 saturated heterocycles. The molecule has 3 amide bonds. The van der Waals surface area contributed by atoms with Gasteiger partial charge >= 0.3 is 0 Å². The van der Waals surface area contributed by atoms with E-state index in [1.165, 1.54) is 11.8 Å². The van der Waals surface area contributed by atoms with E-state index in [4.69, 9.17) is 4.52 Å². The fourth-order valence-electron chi connectivity index (χ4n) is 3.28. The normalized spacial score (nSPS) is 15.5. The molecule has 2 aromatic heterocycles. The number of rotatable bonds is 8. The number of aromatic nitrogens is 3. The van der Waals surface area contributed by atoms with Gasteiger partial charge in [0.1, 0.15) is 5.76 Å². The van der Waals surface area contributed by atoms with Crippen LogP contribution < -0.4 is 10.6 Å². The zero-order chi connectivity index (χ0) is 22.4. The number of carbonyl (C=O) groups is 3. The molecule has 1 fully saturated rings. The summed E-state index contributed by atoms with van der Waals surface area (Å²) >= 11 is 1.30. The highest BCUT2D eigenvalue weighted by atomic mass is 32.2. The molecular formula is C20H28N6O4S. The number of aryl methyl sites for hydroxylation is 2. The molecule has 0 radical (unpaired) electrons. The fourth-order valence-corrected chi connectivity index (χ4v) is 4.07. The second-order valence-electron chi connectivity index (χ2n) is 7.70. The smallest absolute Gasteiger partial charge is 0.254 e. The van der Waals surface area contributed by atoms with Crippen LogP contribution in [0.1, 0.15) is 35.9 Å². The molecule has 0 bridgehead atoms. The van der Waals surface area contributed by atoms with Gasteiger partial charge in [0.05, 0.1) is 22.8 Å². The summed E-state index contributed by atoms with van der Waals surface area (Å²) in [4.78, 5) is 38.7. The Labute approximate surface area is 185 Å². The maximum absolute atomic E-state index is 12.5. The van der Waals surface area contributed by atoms with Crippen molar-refractivity contribution >= 4 is 35.3 Å². The maximum atomic E-state index is 12.5. The molecule has 31 heavy (non-hydrogen) atoms. The average molecular weight is 449 g/mol. The Kier molecular flexibility index (Phi) is 7.72. The van der Waals surface area contributed by atoms with E-state index in [-0.39, 0.29) is 28.7 Å². The minimum absolute atomic E-state index is 0.0276. The van der Waals surface area contributed by atoms with Gasteiger partial charge in [0.2, 0.25) is 11.8 Å². The minimum Gasteiger partial charge on any atom is -0.360 e. The minimum atomic E-state index is -0.388. The lowest BCUT2D eigenvalue weighted by Crippen LogP contribution is -2.42. The molecule has 1 atom stereocenters. The molecule has 168 valence electrons. The molecule has 2 aromatic rings. The van der Waals surface area contributed by atoms with Crippen LogP contribution >= 0.6 is 11.8 Å². The number of thioether (sulfide) groups is 1. The van der Waals surface area contributed by atoms with E-state index in [2.05, 4.69) is 20.9 Å². The number of nitrogens with one attached hydrogen (secondary N) is 2. The number of hydrogen-bond acceptors (Lipinski definition) is 7. The quantitative estimate of drug-likeness (QED) is 0.627. The molecule has 2 N–H and O–H groups in total. The van der Waals surface area contributed by atoms with Crippen molar-refractivity contribution < 1.29 is 18.9 Å². The van der Waals surface area contributed by atoms with Crippen LogP contribution in [-0.4, -0.2) is 68.2 Å². The van der Waals surface area contributed by atoms with E-state index in [0.29, 0.717) is 42.7 Å². The van der Waals surface area contributed by atoms with Crippen LogP contribution in [0.25, 0.3) is 0 Å². The van der Waals surface area contributed by atoms with Crippen LogP contribution in [0.15, 0.2) is 23.0 Å². The second-order valence-corrected chi connectivity index (χ2v) is 9.03. The largest absolute Gasteiger partial charge is 0.360 e. The van der Waals surface area contributed by atoms with Gasteiger partial charge in [-0.15, -0.1) is 11.8 Å². The van der Waals surface area contributed by atoms with Gasteiger partial charge in [-0.3, -0.25) is 19.1 Å². The van der Waals surface area contributed by atoms with E-state index >= 15 is 0 Å². The number of amides is 3. The third kappa shape index (κ3) is 6.58. The highest BCUT2D eigenvalue weighted by Gasteiger charge is 2.25. The first kappa shape index (κ1) is 22.9. The van der Waals surface area contributed by atoms with Gasteiger partial charge in [0.15, 0.2) is 5.82 Å². The molecule has 1 aliphatic heterocycles. The number of likely N-dealkylation sites (tertiary alicyclic amines) is 1. The van der Waals surface area contributed by atoms with Gasteiger partial charge in [-0.05, 0) is 32.6 Å². The molecular weight excluding hydrogens is 420 g/mol. The number of carbonyl (C=O) groups excluding carboxylic acids is 3. The summed E-state index contributed by atoms with van der Waals surface area (Å²) < 4.78 is 6.52. The van der Waals surface area contributed by atoms with E-state index in [1.807, 2.05) is 4.90 Å². The van der Waals surface area contributed by atoms with Crippen molar-refractivity contribution in [1.82, 2.24) is 25.2 Å². The predicted octanol–water partition coefficient (Wildman–Crippen LogP) is 1.45. The van der Waals surface area contributed by atoms with Crippen molar-refractivity contribution in [2.75, 3.05) is 30.7 Å². The van der Waals surface area contributed by atoms with Crippen LogP contribution in [0.2, 0.25) is 0 Å². The summed E-state index contributed by atoms with van der Waals surface area (Å²) in [5, 5.41) is 13.0. The third-order valence-corrected chi connectivity index (χ3v) is 6.32. The van der Waals surface area contributed by atoms with Gasteiger partial charge in [0.25, 0.3) is 5.91 Å². The van der Waals surface area contributed by atoms with Gasteiger partial charge in [-0.2, -0.15) is 5.10 Å². The van der Waals surface area contributed by atoms with Gasteiger partial charge in [-0.1, -0.05) is 5.16 Å². The molecule has 3 heterocycles. The molecule has 0 spiro atoms. The summed E-state index contributed by atoms with van der Waals surface area (Å²) in [7, 11) is 1.77. The second kappa shape index (κ2) is 10.5. The van der Waals surface area contributed by atoms with E-state index < -0.39 is 0 Å². The number of nitrogens with zero attached hydrogens (tertiary/aromatic N) is 4. The zero-order valence-electron chi connectivity index (χ0n) is 18.0. The van der Waals surface area contributed by atoms with Gasteiger partial charge in [0, 0.05) is 38.9 Å². The first-order chi connectivity index (χ1) is 14.8. The lowest BCUT2D eigenvalue weighted by Gasteiger charge is -2.32. The number of hydrogen-bond donors (Lipinski definition) is 2. The summed E-state index contributed by atoms with van der Waals surface area (Å²) in [6.45, 7) is 5.41. The Balaban J connectivity index is 1.34. The van der Waals surface area contributed by atoms with E-state index in [9.17, 15) is 14.4 Å². The molecule has 0 aliphatic carbocycles. The van der Waals surface area contributed by atoms with Crippen LogP contribution in [0.5, 0.6) is 0 Å². The van der Waals surface area contributed by atoms with Crippen LogP contribution in [0, 0.1) is 12.8 Å². The van der Waals surface area contributed by atoms with Crippen molar-refractivity contribution in [1.29, 1.82) is 0 Å². The molecule has 0 saturated carbocycles. The van der Waals surface area contributed by atoms with Crippen molar-refractivity contribution in [2.45, 2.75) is 31.9 Å². The standard InChI is InChI=1S/C20H28N6O4S/c1-13-8-17(24-30-13)23-19(28)14(2)31-12-18(27)26-6-4-15(5-7-26)9-21-20(29)16-10-22-25(3)11-16/h8,10-11,14-15H,4-7,9,12H2,1-3H3,(H,21,29)(H,23,24,28). The Hall–Kier alpha value is -2.82. The highest BCUT2D eigenvalue weighted by Crippen LogP contribution is 2.19. The predicted molar refractivity (Wildman–Crippen MR) is 117 cm³/mol. The molecule has 1 aliphatic rings. The van der Waals surface area contributed by atoms with E-state index in [1.54, 1.807) is 44.0 Å². The summed E-state index contributed by atoms with van der Waals surface area (Å²) in [6, 6.07) is 1.64. The SMILES string of the molecule is Cc1cc(NC(=O)C(C)SCC(=O)N2CCC(CNC(=O)c3cnn(C)c3)CC2)no1.